The number of amides is 1. The summed E-state index contributed by atoms with van der Waals surface area (Å²) in [5.41, 5.74) is 4.25. The van der Waals surface area contributed by atoms with Crippen LogP contribution in [0.25, 0.3) is 11.0 Å². The normalized spacial score (nSPS) is 15.6. The van der Waals surface area contributed by atoms with Crippen molar-refractivity contribution in [2.75, 3.05) is 13.1 Å². The van der Waals surface area contributed by atoms with Crippen LogP contribution in [0.15, 0.2) is 53.1 Å². The van der Waals surface area contributed by atoms with E-state index in [1.54, 1.807) is 0 Å². The first-order chi connectivity index (χ1) is 12.7. The lowest BCUT2D eigenvalue weighted by molar-refractivity contribution is -0.120. The van der Waals surface area contributed by atoms with Crippen LogP contribution in [0, 0.1) is 0 Å². The molecule has 5 nitrogen and oxygen atoms in total. The van der Waals surface area contributed by atoms with Gasteiger partial charge in [-0.1, -0.05) is 41.6 Å². The Morgan fingerprint density at radius 3 is 2.85 bits per heavy atom. The number of nitrogens with zero attached hydrogens (tertiary/aromatic N) is 2. The van der Waals surface area contributed by atoms with Gasteiger partial charge >= 0.3 is 0 Å². The van der Waals surface area contributed by atoms with Crippen LogP contribution in [-0.2, 0) is 24.2 Å². The van der Waals surface area contributed by atoms with E-state index in [1.165, 1.54) is 11.1 Å². The molecule has 4 rings (SSSR count). The Morgan fingerprint density at radius 2 is 1.96 bits per heavy atom. The maximum atomic E-state index is 12.3. The Labute approximate surface area is 153 Å². The van der Waals surface area contributed by atoms with Crippen molar-refractivity contribution in [2.45, 2.75) is 32.4 Å². The van der Waals surface area contributed by atoms with Gasteiger partial charge in [-0.15, -0.1) is 0 Å². The molecule has 0 saturated carbocycles. The maximum absolute atomic E-state index is 12.3. The Kier molecular flexibility index (Phi) is 4.71. The van der Waals surface area contributed by atoms with Crippen molar-refractivity contribution in [2.24, 2.45) is 0 Å². The largest absolute Gasteiger partial charge is 0.356 e. The molecule has 0 fully saturated rings. The first-order valence-electron chi connectivity index (χ1n) is 9.11. The third-order valence-corrected chi connectivity index (χ3v) is 5.16. The molecule has 0 saturated heterocycles. The van der Waals surface area contributed by atoms with E-state index in [0.29, 0.717) is 18.3 Å². The summed E-state index contributed by atoms with van der Waals surface area (Å²) in [7, 11) is 0. The molecule has 1 amide bonds. The van der Waals surface area contributed by atoms with Crippen LogP contribution >= 0.6 is 0 Å². The van der Waals surface area contributed by atoms with Crippen LogP contribution in [0.1, 0.15) is 23.7 Å². The van der Waals surface area contributed by atoms with E-state index in [1.807, 2.05) is 24.3 Å². The van der Waals surface area contributed by atoms with E-state index in [-0.39, 0.29) is 12.3 Å². The zero-order chi connectivity index (χ0) is 17.9. The summed E-state index contributed by atoms with van der Waals surface area (Å²) < 4.78 is 5.27. The SMILES string of the molecule is C[C@@H](CNC(=O)Cc1noc2ccccc12)N1CCc2ccccc2C1. The van der Waals surface area contributed by atoms with E-state index in [9.17, 15) is 4.79 Å². The Morgan fingerprint density at radius 1 is 1.19 bits per heavy atom. The fourth-order valence-electron chi connectivity index (χ4n) is 3.56. The number of carbonyl (C=O) groups excluding carboxylic acids is 1. The molecule has 26 heavy (non-hydrogen) atoms. The lowest BCUT2D eigenvalue weighted by atomic mass is 9.99. The maximum Gasteiger partial charge on any atom is 0.226 e. The van der Waals surface area contributed by atoms with Crippen LogP contribution in [0.3, 0.4) is 0 Å². The number of para-hydroxylation sites is 1. The predicted molar refractivity (Wildman–Crippen MR) is 101 cm³/mol. The van der Waals surface area contributed by atoms with Crippen LogP contribution in [-0.4, -0.2) is 35.1 Å². The highest BCUT2D eigenvalue weighted by molar-refractivity contribution is 5.86. The molecule has 5 heteroatoms. The van der Waals surface area contributed by atoms with E-state index in [0.717, 1.165) is 30.5 Å². The zero-order valence-corrected chi connectivity index (χ0v) is 14.9. The van der Waals surface area contributed by atoms with Crippen molar-refractivity contribution in [1.29, 1.82) is 0 Å². The molecular formula is C21H23N3O2. The van der Waals surface area contributed by atoms with E-state index < -0.39 is 0 Å². The Hall–Kier alpha value is -2.66. The average molecular weight is 349 g/mol. The summed E-state index contributed by atoms with van der Waals surface area (Å²) in [5.74, 6) is -0.0201. The van der Waals surface area contributed by atoms with Gasteiger partial charge < -0.3 is 9.84 Å². The van der Waals surface area contributed by atoms with Gasteiger partial charge in [0.15, 0.2) is 5.58 Å². The standard InChI is InChI=1S/C21H23N3O2/c1-15(24-11-10-16-6-2-3-7-17(16)14-24)13-22-21(25)12-19-18-8-4-5-9-20(18)26-23-19/h2-9,15H,10-14H2,1H3,(H,22,25)/t15-/m0/s1. The highest BCUT2D eigenvalue weighted by Gasteiger charge is 2.21. The molecule has 3 aromatic rings. The topological polar surface area (TPSA) is 58.4 Å². The number of hydrogen-bond donors (Lipinski definition) is 1. The van der Waals surface area contributed by atoms with Crippen molar-refractivity contribution in [3.63, 3.8) is 0 Å². The number of rotatable bonds is 5. The van der Waals surface area contributed by atoms with Crippen molar-refractivity contribution in [3.8, 4) is 0 Å². The van der Waals surface area contributed by atoms with Gasteiger partial charge in [0.2, 0.25) is 5.91 Å². The fraction of sp³-hybridized carbons (Fsp3) is 0.333. The quantitative estimate of drug-likeness (QED) is 0.769. The first-order valence-corrected chi connectivity index (χ1v) is 9.11. The zero-order valence-electron chi connectivity index (χ0n) is 14.9. The van der Waals surface area contributed by atoms with Gasteiger partial charge in [0, 0.05) is 31.1 Å². The average Bonchev–Trinajstić information content (AvgIpc) is 3.08. The highest BCUT2D eigenvalue weighted by atomic mass is 16.5. The molecule has 0 radical (unpaired) electrons. The second kappa shape index (κ2) is 7.30. The highest BCUT2D eigenvalue weighted by Crippen LogP contribution is 2.20. The smallest absolute Gasteiger partial charge is 0.226 e. The third-order valence-electron chi connectivity index (χ3n) is 5.16. The van der Waals surface area contributed by atoms with Crippen LogP contribution < -0.4 is 5.32 Å². The minimum absolute atomic E-state index is 0.0201. The van der Waals surface area contributed by atoms with E-state index >= 15 is 0 Å². The van der Waals surface area contributed by atoms with E-state index in [4.69, 9.17) is 4.52 Å². The van der Waals surface area contributed by atoms with Crippen LogP contribution in [0.4, 0.5) is 0 Å². The minimum Gasteiger partial charge on any atom is -0.356 e. The molecule has 1 N–H and O–H groups in total. The van der Waals surface area contributed by atoms with Crippen molar-refractivity contribution in [1.82, 2.24) is 15.4 Å². The van der Waals surface area contributed by atoms with Crippen molar-refractivity contribution >= 4 is 16.9 Å². The van der Waals surface area contributed by atoms with E-state index in [2.05, 4.69) is 46.6 Å². The number of benzene rings is 2. The predicted octanol–water partition coefficient (Wildman–Crippen LogP) is 2.93. The van der Waals surface area contributed by atoms with Gasteiger partial charge in [-0.3, -0.25) is 9.69 Å². The number of hydrogen-bond acceptors (Lipinski definition) is 4. The van der Waals surface area contributed by atoms with Gasteiger partial charge in [0.25, 0.3) is 0 Å². The van der Waals surface area contributed by atoms with Gasteiger partial charge in [-0.05, 0) is 36.6 Å². The van der Waals surface area contributed by atoms with Crippen molar-refractivity contribution in [3.05, 3.63) is 65.4 Å². The molecule has 0 spiro atoms. The molecule has 0 bridgehead atoms. The Bertz CT molecular complexity index is 918. The second-order valence-electron chi connectivity index (χ2n) is 6.94. The summed E-state index contributed by atoms with van der Waals surface area (Å²) >= 11 is 0. The summed E-state index contributed by atoms with van der Waals surface area (Å²) in [6.07, 6.45) is 1.31. The lowest BCUT2D eigenvalue weighted by Gasteiger charge is -2.33. The fourth-order valence-corrected chi connectivity index (χ4v) is 3.56. The molecule has 134 valence electrons. The lowest BCUT2D eigenvalue weighted by Crippen LogP contribution is -2.44. The van der Waals surface area contributed by atoms with Crippen LogP contribution in [0.5, 0.6) is 0 Å². The van der Waals surface area contributed by atoms with Gasteiger partial charge in [0.1, 0.15) is 5.69 Å². The van der Waals surface area contributed by atoms with Gasteiger partial charge in [-0.25, -0.2) is 0 Å². The number of fused-ring (bicyclic) bond motifs is 2. The molecule has 1 aliphatic heterocycles. The molecule has 0 aliphatic carbocycles. The first kappa shape index (κ1) is 16.8. The molecule has 1 aromatic heterocycles. The summed E-state index contributed by atoms with van der Waals surface area (Å²) in [6, 6.07) is 16.5. The van der Waals surface area contributed by atoms with Gasteiger partial charge in [0.05, 0.1) is 6.42 Å². The molecular weight excluding hydrogens is 326 g/mol. The number of aromatic nitrogens is 1. The monoisotopic (exact) mass is 349 g/mol. The third kappa shape index (κ3) is 3.48. The number of carbonyl (C=O) groups is 1. The second-order valence-corrected chi connectivity index (χ2v) is 6.94. The summed E-state index contributed by atoms with van der Waals surface area (Å²) in [4.78, 5) is 14.8. The summed E-state index contributed by atoms with van der Waals surface area (Å²) in [6.45, 7) is 4.78. The van der Waals surface area contributed by atoms with Gasteiger partial charge in [-0.2, -0.15) is 0 Å². The van der Waals surface area contributed by atoms with Crippen molar-refractivity contribution < 1.29 is 9.32 Å². The molecule has 1 aliphatic rings. The molecule has 2 aromatic carbocycles. The van der Waals surface area contributed by atoms with Crippen LogP contribution in [0.2, 0.25) is 0 Å². The Balaban J connectivity index is 1.32. The minimum atomic E-state index is -0.0201. The number of nitrogens with one attached hydrogen (secondary N) is 1. The molecule has 1 atom stereocenters. The molecule has 0 unspecified atom stereocenters. The summed E-state index contributed by atoms with van der Waals surface area (Å²) in [5, 5.41) is 7.98. The molecule has 2 heterocycles.